The lowest BCUT2D eigenvalue weighted by molar-refractivity contribution is 0.100. The maximum Gasteiger partial charge on any atom is 0.159 e. The number of ketones is 8. The molecule has 21 nitrogen and oxygen atoms in total. The van der Waals surface area contributed by atoms with Gasteiger partial charge >= 0.3 is 0 Å². The highest BCUT2D eigenvalue weighted by Crippen LogP contribution is 2.34. The Morgan fingerprint density at radius 3 is 1.05 bits per heavy atom. The number of aliphatic hydroxyl groups is 5. The number of aryl methyl sites for hydroxylation is 8. The Hall–Kier alpha value is -16.0. The third-order valence-electron chi connectivity index (χ3n) is 23.1. The van der Waals surface area contributed by atoms with Gasteiger partial charge in [-0.1, -0.05) is 271 Å². The Kier molecular flexibility index (Phi) is 40.9. The van der Waals surface area contributed by atoms with Crippen molar-refractivity contribution in [3.63, 3.8) is 0 Å². The van der Waals surface area contributed by atoms with Crippen molar-refractivity contribution in [2.75, 3.05) is 7.11 Å². The van der Waals surface area contributed by atoms with E-state index in [1.54, 1.807) is 115 Å². The molecule has 0 saturated heterocycles. The van der Waals surface area contributed by atoms with Gasteiger partial charge in [-0.15, -0.1) is 0 Å². The van der Waals surface area contributed by atoms with Crippen molar-refractivity contribution in [2.45, 2.75) is 151 Å². The van der Waals surface area contributed by atoms with Crippen LogP contribution in [-0.2, 0) is 33.0 Å². The van der Waals surface area contributed by atoms with E-state index in [4.69, 9.17) is 4.74 Å². The largest absolute Gasteiger partial charge is 0.496 e. The molecule has 0 radical (unpaired) electrons. The number of carbonyl (C=O) groups excluding carboxylic acids is 8. The van der Waals surface area contributed by atoms with Crippen molar-refractivity contribution in [1.29, 1.82) is 0 Å². The minimum absolute atomic E-state index is 0.0139. The van der Waals surface area contributed by atoms with Crippen molar-refractivity contribution in [3.8, 4) is 94.8 Å². The van der Waals surface area contributed by atoms with Crippen LogP contribution in [0, 0.1) is 62.3 Å². The lowest BCUT2D eigenvalue weighted by atomic mass is 9.96. The molecule has 141 heavy (non-hydrogen) atoms. The van der Waals surface area contributed by atoms with Gasteiger partial charge in [-0.3, -0.25) is 43.3 Å². The molecule has 0 fully saturated rings. The number of benzene rings is 12. The first-order valence-electron chi connectivity index (χ1n) is 45.7. The van der Waals surface area contributed by atoms with Crippen LogP contribution >= 0.6 is 0 Å². The van der Waals surface area contributed by atoms with Gasteiger partial charge in [0.25, 0.3) is 0 Å². The third kappa shape index (κ3) is 31.3. The average Bonchev–Trinajstić information content (AvgIpc) is 0.839. The summed E-state index contributed by atoms with van der Waals surface area (Å²) in [5.41, 5.74) is 33.2. The maximum absolute atomic E-state index is 11.3. The standard InChI is InChI=1S/2C16H16O2.2C16H16O.3C14H14N2O2.C14H13NO2/c1-11-3-8-16(15(9-11)10-17)14-6-4-13(5-7-14)12(2)18;1-11-3-4-15(10-17)16(9-11)14-7-5-13(6-8-14)12(2)18;1-11-4-5-12(2)16(10-11)15-8-6-14(7-9-15)13(3)17;1-11-5-4-6-16(12(11)2)15-9-7-14(8-10-15)13(3)17;1-9(17)11-4-5-13(14(6-11)18-3)12-7-15-10(2)16-8-12;1-9(18)11-3-5-12(6-4-11)13-7-15-10(2)16-14(13)8-17;1-9-7-13(14(8-17)16-15-9)12-5-3-11(4-6-12)10(2)18;1-10(17)11-4-6-12(7-5-11)13-3-2-8-15-14(13)9-16/h2*3-9,17H,10H2,1-2H3;2*4-10H,1-3H3;4-8H,1-3H3;2*3-7,17H,8H2,1-2H3;2-8,16H,9H2,1H3. The first-order chi connectivity index (χ1) is 67.5. The maximum atomic E-state index is 11.3. The molecule has 0 aliphatic carbocycles. The number of ether oxygens (including phenoxy) is 1. The van der Waals surface area contributed by atoms with Crippen LogP contribution in [0.2, 0.25) is 0 Å². The van der Waals surface area contributed by atoms with Crippen molar-refractivity contribution >= 4 is 46.3 Å². The predicted octanol–water partition coefficient (Wildman–Crippen LogP) is 24.5. The fraction of sp³-hybridized carbons (Fsp3) is 0.192. The van der Waals surface area contributed by atoms with E-state index in [2.05, 4.69) is 99.2 Å². The van der Waals surface area contributed by atoms with Gasteiger partial charge in [-0.25, -0.2) is 19.9 Å². The fourth-order valence-electron chi connectivity index (χ4n) is 14.8. The quantitative estimate of drug-likeness (QED) is 0.0394. The van der Waals surface area contributed by atoms with E-state index in [1.807, 2.05) is 222 Å². The summed E-state index contributed by atoms with van der Waals surface area (Å²) in [5, 5.41) is 54.4. The van der Waals surface area contributed by atoms with E-state index in [9.17, 15) is 63.9 Å². The second-order valence-electron chi connectivity index (χ2n) is 33.7. The van der Waals surface area contributed by atoms with Crippen LogP contribution < -0.4 is 4.74 Å². The Morgan fingerprint density at radius 1 is 0.255 bits per heavy atom. The molecule has 4 heterocycles. The number of rotatable bonds is 22. The summed E-state index contributed by atoms with van der Waals surface area (Å²) < 4.78 is 5.31. The third-order valence-corrected chi connectivity index (χ3v) is 23.1. The molecule has 0 unspecified atom stereocenters. The van der Waals surface area contributed by atoms with Gasteiger partial charge in [0.05, 0.1) is 62.9 Å². The van der Waals surface area contributed by atoms with Crippen molar-refractivity contribution in [3.05, 3.63) is 427 Å². The van der Waals surface area contributed by atoms with Gasteiger partial charge in [0.2, 0.25) is 0 Å². The number of pyridine rings is 1. The molecule has 0 bridgehead atoms. The van der Waals surface area contributed by atoms with Gasteiger partial charge in [-0.05, 0) is 231 Å². The molecule has 0 spiro atoms. The van der Waals surface area contributed by atoms with Crippen LogP contribution in [0.5, 0.6) is 5.75 Å². The van der Waals surface area contributed by atoms with Gasteiger partial charge in [0, 0.05) is 97.1 Å². The number of methoxy groups -OCH3 is 1. The number of hydrogen-bond donors (Lipinski definition) is 5. The van der Waals surface area contributed by atoms with Crippen LogP contribution in [-0.4, -0.2) is 114 Å². The second kappa shape index (κ2) is 53.1. The van der Waals surface area contributed by atoms with E-state index < -0.39 is 0 Å². The molecule has 4 aromatic heterocycles. The molecule has 0 saturated carbocycles. The molecule has 0 aliphatic heterocycles. The number of aliphatic hydroxyl groups excluding tert-OH is 5. The second-order valence-corrected chi connectivity index (χ2v) is 33.7. The van der Waals surface area contributed by atoms with Gasteiger partial charge in [-0.2, -0.15) is 10.2 Å². The summed E-state index contributed by atoms with van der Waals surface area (Å²) in [4.78, 5) is 111. The average molecular weight is 1880 g/mol. The SMILES string of the molecule is CC(=O)c1ccc(-c2cc(C)ccc2C)cc1.CC(=O)c1ccc(-c2cc(C)ccc2CO)cc1.CC(=O)c1ccc(-c2cc(C)nnc2CO)cc1.CC(=O)c1ccc(-c2ccc(C)cc2CO)cc1.CC(=O)c1ccc(-c2cccc(C)c2C)cc1.CC(=O)c1ccc(-c2cccnc2CO)cc1.CC(=O)c1ccc(-c2cnc(C)nc2CO)cc1.COc1cc(C(C)=O)ccc1-c1cnc(C)nc1. The summed E-state index contributed by atoms with van der Waals surface area (Å²) in [6.07, 6.45) is 6.83. The molecule has 0 aliphatic rings. The number of aromatic nitrogens is 7. The molecular weight excluding hydrogens is 1760 g/mol. The van der Waals surface area contributed by atoms with E-state index in [1.165, 1.54) is 61.1 Å². The lowest BCUT2D eigenvalue weighted by Crippen LogP contribution is -1.99. The number of Topliss-reactive ketones (excluding diaryl/α,β-unsaturated/α-hetero) is 8. The minimum Gasteiger partial charge on any atom is -0.496 e. The number of nitrogens with zero attached hydrogens (tertiary/aromatic N) is 7. The molecule has 718 valence electrons. The van der Waals surface area contributed by atoms with E-state index >= 15 is 0 Å². The fourth-order valence-corrected chi connectivity index (χ4v) is 14.8. The highest BCUT2D eigenvalue weighted by atomic mass is 16.5. The predicted molar refractivity (Wildman–Crippen MR) is 558 cm³/mol. The molecular formula is C120H119N7O14. The zero-order chi connectivity index (χ0) is 103. The van der Waals surface area contributed by atoms with Crippen LogP contribution in [0.15, 0.2) is 304 Å². The zero-order valence-corrected chi connectivity index (χ0v) is 82.9. The number of carbonyl (C=O) groups is 8. The van der Waals surface area contributed by atoms with Crippen LogP contribution in [0.25, 0.3) is 89.0 Å². The van der Waals surface area contributed by atoms with Gasteiger partial charge < -0.3 is 30.3 Å². The van der Waals surface area contributed by atoms with Gasteiger partial charge in [0.1, 0.15) is 17.4 Å². The molecule has 16 aromatic rings. The Balaban J connectivity index is 0.000000180. The van der Waals surface area contributed by atoms with E-state index in [0.717, 1.165) is 123 Å². The normalized spacial score (nSPS) is 10.3. The summed E-state index contributed by atoms with van der Waals surface area (Å²) >= 11 is 0. The van der Waals surface area contributed by atoms with Crippen molar-refractivity contribution < 1.29 is 68.6 Å². The van der Waals surface area contributed by atoms with Gasteiger partial charge in [0.15, 0.2) is 46.3 Å². The lowest BCUT2D eigenvalue weighted by Gasteiger charge is -2.09. The molecule has 16 rings (SSSR count). The van der Waals surface area contributed by atoms with E-state index in [-0.39, 0.29) is 79.3 Å². The monoisotopic (exact) mass is 1880 g/mol. The topological polar surface area (TPSA) is 337 Å². The molecule has 0 atom stereocenters. The van der Waals surface area contributed by atoms with Crippen molar-refractivity contribution in [2.24, 2.45) is 0 Å². The Labute approximate surface area is 825 Å². The summed E-state index contributed by atoms with van der Waals surface area (Å²) in [6.45, 7) is 30.0. The summed E-state index contributed by atoms with van der Waals surface area (Å²) in [7, 11) is 1.58. The first kappa shape index (κ1) is 109. The molecule has 12 aromatic carbocycles. The van der Waals surface area contributed by atoms with Crippen LogP contribution in [0.4, 0.5) is 0 Å². The Bertz CT molecular complexity index is 6780. The van der Waals surface area contributed by atoms with Crippen LogP contribution in [0.1, 0.15) is 217 Å². The summed E-state index contributed by atoms with van der Waals surface area (Å²) in [5.74, 6) is 2.47. The molecule has 0 amide bonds. The first-order valence-corrected chi connectivity index (χ1v) is 45.7. The highest BCUT2D eigenvalue weighted by Gasteiger charge is 2.17. The molecule has 21 heteroatoms. The van der Waals surface area contributed by atoms with Crippen LogP contribution in [0.3, 0.4) is 0 Å². The summed E-state index contributed by atoms with van der Waals surface area (Å²) in [6, 6.07) is 88.0. The smallest absolute Gasteiger partial charge is 0.159 e. The van der Waals surface area contributed by atoms with Crippen molar-refractivity contribution in [1.82, 2.24) is 35.1 Å². The molecule has 5 N–H and O–H groups in total. The minimum atomic E-state index is -0.156. The highest BCUT2D eigenvalue weighted by molar-refractivity contribution is 5.99. The van der Waals surface area contributed by atoms with E-state index in [0.29, 0.717) is 62.0 Å². The zero-order valence-electron chi connectivity index (χ0n) is 82.9. The number of hydrogen-bond acceptors (Lipinski definition) is 21. The Morgan fingerprint density at radius 2 is 0.617 bits per heavy atom.